The molecule has 1 aromatic rings. The van der Waals surface area contributed by atoms with Crippen molar-refractivity contribution in [3.63, 3.8) is 0 Å². The van der Waals surface area contributed by atoms with Crippen molar-refractivity contribution in [3.8, 4) is 0 Å². The Morgan fingerprint density at radius 1 is 1.41 bits per heavy atom. The van der Waals surface area contributed by atoms with Crippen LogP contribution in [0.2, 0.25) is 0 Å². The molecule has 22 heavy (non-hydrogen) atoms. The summed E-state index contributed by atoms with van der Waals surface area (Å²) >= 11 is 0. The van der Waals surface area contributed by atoms with Crippen LogP contribution in [0.15, 0.2) is 18.2 Å². The summed E-state index contributed by atoms with van der Waals surface area (Å²) in [6, 6.07) is 5.81. The summed E-state index contributed by atoms with van der Waals surface area (Å²) in [7, 11) is 0. The highest BCUT2D eigenvalue weighted by atomic mass is 16.2. The highest BCUT2D eigenvalue weighted by Gasteiger charge is 2.22. The maximum atomic E-state index is 12.0. The Morgan fingerprint density at radius 3 is 3.00 bits per heavy atom. The average Bonchev–Trinajstić information content (AvgIpc) is 3.14. The molecular formula is C17H23N3O2. The molecule has 1 fully saturated rings. The van der Waals surface area contributed by atoms with Gasteiger partial charge in [-0.05, 0) is 62.0 Å². The molecule has 2 heterocycles. The van der Waals surface area contributed by atoms with Crippen molar-refractivity contribution >= 4 is 23.2 Å². The van der Waals surface area contributed by atoms with E-state index in [1.165, 1.54) is 6.42 Å². The molecule has 1 aromatic carbocycles. The highest BCUT2D eigenvalue weighted by molar-refractivity contribution is 5.95. The standard InChI is InChI=1S/C17H23N3O2/c1-12(21)20-9-7-14-10-15(3-4-16(14)20)19-17(22)5-2-13-6-8-18-11-13/h3-4,10,13,18H,2,5-9,11H2,1H3,(H,19,22). The van der Waals surface area contributed by atoms with Gasteiger partial charge in [0.1, 0.15) is 0 Å². The van der Waals surface area contributed by atoms with Gasteiger partial charge in [-0.3, -0.25) is 9.59 Å². The van der Waals surface area contributed by atoms with Crippen LogP contribution in [0, 0.1) is 5.92 Å². The molecule has 0 aromatic heterocycles. The van der Waals surface area contributed by atoms with Crippen LogP contribution in [0.5, 0.6) is 0 Å². The first-order valence-corrected chi connectivity index (χ1v) is 8.05. The summed E-state index contributed by atoms with van der Waals surface area (Å²) in [5, 5.41) is 6.30. The summed E-state index contributed by atoms with van der Waals surface area (Å²) in [5.41, 5.74) is 2.94. The summed E-state index contributed by atoms with van der Waals surface area (Å²) in [6.07, 6.45) is 3.55. The van der Waals surface area contributed by atoms with Crippen molar-refractivity contribution in [3.05, 3.63) is 23.8 Å². The first-order chi connectivity index (χ1) is 10.6. The Bertz CT molecular complexity index is 579. The number of nitrogens with zero attached hydrogens (tertiary/aromatic N) is 1. The van der Waals surface area contributed by atoms with Gasteiger partial charge in [-0.15, -0.1) is 0 Å². The summed E-state index contributed by atoms with van der Waals surface area (Å²) in [6.45, 7) is 4.43. The van der Waals surface area contributed by atoms with E-state index in [-0.39, 0.29) is 11.8 Å². The highest BCUT2D eigenvalue weighted by Crippen LogP contribution is 2.30. The zero-order chi connectivity index (χ0) is 15.5. The number of nitrogens with one attached hydrogen (secondary N) is 2. The molecule has 118 valence electrons. The van der Waals surface area contributed by atoms with E-state index in [9.17, 15) is 9.59 Å². The van der Waals surface area contributed by atoms with Crippen LogP contribution in [0.25, 0.3) is 0 Å². The molecule has 0 aliphatic carbocycles. The molecule has 0 spiro atoms. The molecule has 0 bridgehead atoms. The van der Waals surface area contributed by atoms with Gasteiger partial charge in [0.15, 0.2) is 0 Å². The van der Waals surface area contributed by atoms with Crippen LogP contribution >= 0.6 is 0 Å². The third kappa shape index (κ3) is 3.30. The van der Waals surface area contributed by atoms with E-state index in [0.29, 0.717) is 12.3 Å². The Morgan fingerprint density at radius 2 is 2.27 bits per heavy atom. The maximum Gasteiger partial charge on any atom is 0.224 e. The molecule has 1 atom stereocenters. The predicted octanol–water partition coefficient (Wildman–Crippen LogP) is 1.92. The van der Waals surface area contributed by atoms with Gasteiger partial charge >= 0.3 is 0 Å². The quantitative estimate of drug-likeness (QED) is 0.893. The first-order valence-electron chi connectivity index (χ1n) is 8.05. The average molecular weight is 301 g/mol. The van der Waals surface area contributed by atoms with E-state index >= 15 is 0 Å². The topological polar surface area (TPSA) is 61.4 Å². The largest absolute Gasteiger partial charge is 0.326 e. The van der Waals surface area contributed by atoms with Crippen LogP contribution in [-0.2, 0) is 16.0 Å². The Labute approximate surface area is 131 Å². The maximum absolute atomic E-state index is 12.0. The molecule has 2 aliphatic rings. The molecule has 2 aliphatic heterocycles. The summed E-state index contributed by atoms with van der Waals surface area (Å²) in [4.78, 5) is 25.4. The van der Waals surface area contributed by atoms with Gasteiger partial charge in [-0.25, -0.2) is 0 Å². The Kier molecular flexibility index (Phi) is 4.43. The fourth-order valence-electron chi connectivity index (χ4n) is 3.33. The van der Waals surface area contributed by atoms with Gasteiger partial charge in [-0.1, -0.05) is 0 Å². The van der Waals surface area contributed by atoms with Crippen LogP contribution < -0.4 is 15.5 Å². The number of fused-ring (bicyclic) bond motifs is 1. The van der Waals surface area contributed by atoms with Crippen molar-refractivity contribution in [1.29, 1.82) is 0 Å². The Balaban J connectivity index is 1.57. The zero-order valence-corrected chi connectivity index (χ0v) is 13.0. The molecule has 0 radical (unpaired) electrons. The van der Waals surface area contributed by atoms with Crippen LogP contribution in [-0.4, -0.2) is 31.4 Å². The predicted molar refractivity (Wildman–Crippen MR) is 87.0 cm³/mol. The first kappa shape index (κ1) is 15.0. The lowest BCUT2D eigenvalue weighted by Gasteiger charge is -2.15. The van der Waals surface area contributed by atoms with E-state index < -0.39 is 0 Å². The number of amides is 2. The number of benzene rings is 1. The minimum absolute atomic E-state index is 0.0701. The van der Waals surface area contributed by atoms with Gasteiger partial charge in [0.25, 0.3) is 0 Å². The molecule has 0 saturated carbocycles. The lowest BCUT2D eigenvalue weighted by Crippen LogP contribution is -2.25. The molecule has 1 unspecified atom stereocenters. The van der Waals surface area contributed by atoms with Crippen molar-refractivity contribution in [2.24, 2.45) is 5.92 Å². The van der Waals surface area contributed by atoms with Crippen molar-refractivity contribution in [1.82, 2.24) is 5.32 Å². The van der Waals surface area contributed by atoms with E-state index in [4.69, 9.17) is 0 Å². The molecule has 1 saturated heterocycles. The van der Waals surface area contributed by atoms with Gasteiger partial charge in [-0.2, -0.15) is 0 Å². The third-order valence-corrected chi connectivity index (χ3v) is 4.58. The van der Waals surface area contributed by atoms with E-state index in [1.54, 1.807) is 11.8 Å². The minimum atomic E-state index is 0.0701. The van der Waals surface area contributed by atoms with Crippen LogP contribution in [0.1, 0.15) is 31.7 Å². The number of rotatable bonds is 4. The minimum Gasteiger partial charge on any atom is -0.326 e. The molecule has 5 heteroatoms. The van der Waals surface area contributed by atoms with E-state index in [1.807, 2.05) is 18.2 Å². The van der Waals surface area contributed by atoms with E-state index in [0.717, 1.165) is 49.4 Å². The van der Waals surface area contributed by atoms with Crippen LogP contribution in [0.3, 0.4) is 0 Å². The molecule has 3 rings (SSSR count). The van der Waals surface area contributed by atoms with Gasteiger partial charge in [0, 0.05) is 31.3 Å². The second-order valence-corrected chi connectivity index (χ2v) is 6.21. The normalized spacial score (nSPS) is 20.0. The Hall–Kier alpha value is -1.88. The number of hydrogen-bond donors (Lipinski definition) is 2. The van der Waals surface area contributed by atoms with Crippen molar-refractivity contribution in [2.45, 2.75) is 32.6 Å². The second kappa shape index (κ2) is 6.48. The lowest BCUT2D eigenvalue weighted by molar-refractivity contribution is -0.117. The lowest BCUT2D eigenvalue weighted by atomic mass is 10.0. The molecule has 5 nitrogen and oxygen atoms in total. The van der Waals surface area contributed by atoms with Gasteiger partial charge in [0.2, 0.25) is 11.8 Å². The monoisotopic (exact) mass is 301 g/mol. The number of carbonyl (C=O) groups excluding carboxylic acids is 2. The fourth-order valence-corrected chi connectivity index (χ4v) is 3.33. The zero-order valence-electron chi connectivity index (χ0n) is 13.0. The van der Waals surface area contributed by atoms with E-state index in [2.05, 4.69) is 10.6 Å². The van der Waals surface area contributed by atoms with Crippen LogP contribution in [0.4, 0.5) is 11.4 Å². The number of hydrogen-bond acceptors (Lipinski definition) is 3. The molecular weight excluding hydrogens is 278 g/mol. The second-order valence-electron chi connectivity index (χ2n) is 6.21. The fraction of sp³-hybridized carbons (Fsp3) is 0.529. The van der Waals surface area contributed by atoms with Crippen molar-refractivity contribution < 1.29 is 9.59 Å². The molecule has 2 N–H and O–H groups in total. The summed E-state index contributed by atoms with van der Waals surface area (Å²) in [5.74, 6) is 0.781. The number of carbonyl (C=O) groups is 2. The van der Waals surface area contributed by atoms with Crippen molar-refractivity contribution in [2.75, 3.05) is 29.9 Å². The van der Waals surface area contributed by atoms with Gasteiger partial charge in [0.05, 0.1) is 0 Å². The van der Waals surface area contributed by atoms with Gasteiger partial charge < -0.3 is 15.5 Å². The SMILES string of the molecule is CC(=O)N1CCc2cc(NC(=O)CCC3CCNC3)ccc21. The third-order valence-electron chi connectivity index (χ3n) is 4.58. The summed E-state index contributed by atoms with van der Waals surface area (Å²) < 4.78 is 0. The molecule has 2 amide bonds. The smallest absolute Gasteiger partial charge is 0.224 e. The number of anilines is 2.